The zero-order valence-corrected chi connectivity index (χ0v) is 11.1. The Morgan fingerprint density at radius 3 is 3.00 bits per heavy atom. The van der Waals surface area contributed by atoms with Gasteiger partial charge < -0.3 is 9.64 Å². The lowest BCUT2D eigenvalue weighted by Gasteiger charge is -2.28. The normalized spacial score (nSPS) is 18.8. The summed E-state index contributed by atoms with van der Waals surface area (Å²) in [4.78, 5) is 13.0. The maximum absolute atomic E-state index is 13.1. The van der Waals surface area contributed by atoms with E-state index in [9.17, 15) is 18.0 Å². The number of rotatable bonds is 4. The summed E-state index contributed by atoms with van der Waals surface area (Å²) in [7, 11) is 0. The molecule has 0 radical (unpaired) electrons. The van der Waals surface area contributed by atoms with Crippen molar-refractivity contribution in [3.63, 3.8) is 0 Å². The van der Waals surface area contributed by atoms with Gasteiger partial charge in [0.15, 0.2) is 0 Å². The van der Waals surface area contributed by atoms with Gasteiger partial charge in [-0.15, -0.1) is 6.42 Å². The Morgan fingerprint density at radius 2 is 2.33 bits per heavy atom. The highest BCUT2D eigenvalue weighted by molar-refractivity contribution is 5.53. The Bertz CT molecular complexity index is 592. The highest BCUT2D eigenvalue weighted by Crippen LogP contribution is 2.36. The molecule has 1 aliphatic rings. The monoisotopic (exact) mass is 301 g/mol. The summed E-state index contributed by atoms with van der Waals surface area (Å²) in [5, 5.41) is 5.31. The lowest BCUT2D eigenvalue weighted by Crippen LogP contribution is -2.37. The summed E-state index contributed by atoms with van der Waals surface area (Å²) in [6.45, 7) is 0.733. The molecule has 8 heteroatoms. The maximum atomic E-state index is 13.1. The van der Waals surface area contributed by atoms with E-state index in [0.717, 1.165) is 6.20 Å². The maximum Gasteiger partial charge on any atom is 0.423 e. The Labute approximate surface area is 119 Å². The van der Waals surface area contributed by atoms with Crippen LogP contribution in [0.2, 0.25) is 0 Å². The first kappa shape index (κ1) is 15.4. The van der Waals surface area contributed by atoms with Crippen LogP contribution >= 0.6 is 0 Å². The molecule has 114 valence electrons. The van der Waals surface area contributed by atoms with E-state index in [4.69, 9.17) is 11.2 Å². The second kappa shape index (κ2) is 6.18. The fourth-order valence-electron chi connectivity index (χ4n) is 2.46. The number of hydrogen-bond donors (Lipinski definition) is 1. The van der Waals surface area contributed by atoms with Gasteiger partial charge in [-0.3, -0.25) is 4.79 Å². The zero-order chi connectivity index (χ0) is 15.5. The van der Waals surface area contributed by atoms with E-state index in [1.54, 1.807) is 0 Å². The second-order valence-electron chi connectivity index (χ2n) is 4.67. The molecule has 0 aliphatic carbocycles. The topological polar surface area (TPSA) is 58.2 Å². The SMILES string of the molecule is C#CCOC[C@@H]1CCCN1c1cn[nH]c(=O)c1C(F)(F)F. The number of aromatic amines is 1. The van der Waals surface area contributed by atoms with Gasteiger partial charge in [-0.25, -0.2) is 5.10 Å². The van der Waals surface area contributed by atoms with Crippen molar-refractivity contribution in [2.75, 3.05) is 24.7 Å². The van der Waals surface area contributed by atoms with Crippen molar-refractivity contribution < 1.29 is 17.9 Å². The number of ether oxygens (including phenoxy) is 1. The summed E-state index contributed by atoms with van der Waals surface area (Å²) >= 11 is 0. The fraction of sp³-hybridized carbons (Fsp3) is 0.538. The van der Waals surface area contributed by atoms with Crippen LogP contribution in [0.1, 0.15) is 18.4 Å². The largest absolute Gasteiger partial charge is 0.423 e. The predicted octanol–water partition coefficient (Wildman–Crippen LogP) is 1.41. The van der Waals surface area contributed by atoms with Crippen LogP contribution in [-0.4, -0.2) is 36.0 Å². The quantitative estimate of drug-likeness (QED) is 0.675. The van der Waals surface area contributed by atoms with Gasteiger partial charge >= 0.3 is 6.18 Å². The van der Waals surface area contributed by atoms with Gasteiger partial charge in [-0.1, -0.05) is 5.92 Å². The van der Waals surface area contributed by atoms with Crippen molar-refractivity contribution in [3.05, 3.63) is 22.1 Å². The van der Waals surface area contributed by atoms with Crippen LogP contribution in [0.4, 0.5) is 18.9 Å². The molecule has 0 saturated carbocycles. The fourth-order valence-corrected chi connectivity index (χ4v) is 2.46. The number of H-pyrrole nitrogens is 1. The van der Waals surface area contributed by atoms with Crippen molar-refractivity contribution >= 4 is 5.69 Å². The zero-order valence-electron chi connectivity index (χ0n) is 11.1. The van der Waals surface area contributed by atoms with Crippen LogP contribution in [0, 0.1) is 12.3 Å². The lowest BCUT2D eigenvalue weighted by molar-refractivity contribution is -0.138. The molecule has 1 saturated heterocycles. The second-order valence-corrected chi connectivity index (χ2v) is 4.67. The van der Waals surface area contributed by atoms with Crippen molar-refractivity contribution in [2.45, 2.75) is 25.1 Å². The lowest BCUT2D eigenvalue weighted by atomic mass is 10.2. The Balaban J connectivity index is 2.31. The first-order chi connectivity index (χ1) is 9.95. The molecule has 0 amide bonds. The first-order valence-electron chi connectivity index (χ1n) is 6.38. The number of aromatic nitrogens is 2. The summed E-state index contributed by atoms with van der Waals surface area (Å²) in [5.41, 5.74) is -2.67. The van der Waals surface area contributed by atoms with Crippen molar-refractivity contribution in [1.29, 1.82) is 0 Å². The van der Waals surface area contributed by atoms with Crippen molar-refractivity contribution in [3.8, 4) is 12.3 Å². The highest BCUT2D eigenvalue weighted by Gasteiger charge is 2.40. The van der Waals surface area contributed by atoms with Crippen LogP contribution in [0.15, 0.2) is 11.0 Å². The van der Waals surface area contributed by atoms with Gasteiger partial charge in [0.2, 0.25) is 0 Å². The molecule has 1 atom stereocenters. The average molecular weight is 301 g/mol. The minimum atomic E-state index is -4.74. The molecule has 1 aromatic heterocycles. The third kappa shape index (κ3) is 3.36. The van der Waals surface area contributed by atoms with Crippen LogP contribution in [-0.2, 0) is 10.9 Å². The molecule has 0 unspecified atom stereocenters. The standard InChI is InChI=1S/C13H14F3N3O2/c1-2-6-21-8-9-4-3-5-19(9)10-7-17-18-12(20)11(10)13(14,15)16/h1,7,9H,3-6,8H2,(H,18,20)/t9-/m0/s1. The minimum Gasteiger partial charge on any atom is -0.367 e. The van der Waals surface area contributed by atoms with Crippen LogP contribution in [0.5, 0.6) is 0 Å². The Kier molecular flexibility index (Phi) is 4.53. The third-order valence-electron chi connectivity index (χ3n) is 3.30. The Hall–Kier alpha value is -2.01. The van der Waals surface area contributed by atoms with Gasteiger partial charge in [0.1, 0.15) is 12.2 Å². The van der Waals surface area contributed by atoms with Crippen LogP contribution in [0.25, 0.3) is 0 Å². The first-order valence-corrected chi connectivity index (χ1v) is 6.38. The summed E-state index contributed by atoms with van der Waals surface area (Å²) < 4.78 is 44.4. The number of alkyl halides is 3. The van der Waals surface area contributed by atoms with Gasteiger partial charge in [-0.05, 0) is 12.8 Å². The molecule has 0 bridgehead atoms. The van der Waals surface area contributed by atoms with E-state index in [1.165, 1.54) is 4.90 Å². The predicted molar refractivity (Wildman–Crippen MR) is 69.9 cm³/mol. The number of terminal acetylenes is 1. The molecule has 5 nitrogen and oxygen atoms in total. The molecule has 2 rings (SSSR count). The molecule has 1 aromatic rings. The molecular formula is C13H14F3N3O2. The van der Waals surface area contributed by atoms with Gasteiger partial charge in [0, 0.05) is 6.54 Å². The highest BCUT2D eigenvalue weighted by atomic mass is 19.4. The van der Waals surface area contributed by atoms with Crippen molar-refractivity contribution in [1.82, 2.24) is 10.2 Å². The summed E-state index contributed by atoms with van der Waals surface area (Å²) in [6, 6.07) is -0.247. The van der Waals surface area contributed by atoms with Gasteiger partial charge in [0.25, 0.3) is 5.56 Å². The third-order valence-corrected chi connectivity index (χ3v) is 3.30. The van der Waals surface area contributed by atoms with E-state index in [1.807, 2.05) is 5.10 Å². The number of nitrogens with one attached hydrogen (secondary N) is 1. The smallest absolute Gasteiger partial charge is 0.367 e. The van der Waals surface area contributed by atoms with Crippen molar-refractivity contribution in [2.24, 2.45) is 0 Å². The summed E-state index contributed by atoms with van der Waals surface area (Å²) in [5.74, 6) is 2.30. The molecule has 0 aromatic carbocycles. The number of anilines is 1. The molecule has 1 fully saturated rings. The van der Waals surface area contributed by atoms with Crippen LogP contribution < -0.4 is 10.5 Å². The molecular weight excluding hydrogens is 287 g/mol. The van der Waals surface area contributed by atoms with E-state index >= 15 is 0 Å². The number of nitrogens with zero attached hydrogens (tertiary/aromatic N) is 2. The molecule has 21 heavy (non-hydrogen) atoms. The van der Waals surface area contributed by atoms with E-state index in [0.29, 0.717) is 19.4 Å². The number of hydrogen-bond acceptors (Lipinski definition) is 4. The molecule has 0 spiro atoms. The molecule has 1 aliphatic heterocycles. The summed E-state index contributed by atoms with van der Waals surface area (Å²) in [6.07, 6.45) is 2.75. The van der Waals surface area contributed by atoms with E-state index in [-0.39, 0.29) is 24.9 Å². The Morgan fingerprint density at radius 1 is 1.57 bits per heavy atom. The number of halogens is 3. The van der Waals surface area contributed by atoms with Gasteiger partial charge in [0.05, 0.1) is 24.5 Å². The van der Waals surface area contributed by atoms with Crippen LogP contribution in [0.3, 0.4) is 0 Å². The van der Waals surface area contributed by atoms with E-state index in [2.05, 4.69) is 11.0 Å². The van der Waals surface area contributed by atoms with E-state index < -0.39 is 17.3 Å². The minimum absolute atomic E-state index is 0.101. The molecule has 1 N–H and O–H groups in total. The average Bonchev–Trinajstić information content (AvgIpc) is 2.85. The van der Waals surface area contributed by atoms with Gasteiger partial charge in [-0.2, -0.15) is 18.3 Å². The molecule has 2 heterocycles.